The SMILES string of the molecule is COC(=O)C1=C(N)Oc2cc(C)n(C)c(=O)c2[C@@]12C(=O)N(Cc1cccc(C)c1)c1ccccc12. The van der Waals surface area contributed by atoms with Crippen LogP contribution in [0.2, 0.25) is 0 Å². The summed E-state index contributed by atoms with van der Waals surface area (Å²) >= 11 is 0. The van der Waals surface area contributed by atoms with Gasteiger partial charge in [0.1, 0.15) is 16.7 Å². The molecule has 2 aromatic carbocycles. The molecule has 2 aliphatic rings. The Morgan fingerprint density at radius 3 is 2.54 bits per heavy atom. The predicted octanol–water partition coefficient (Wildman–Crippen LogP) is 2.57. The number of rotatable bonds is 3. The Morgan fingerprint density at radius 1 is 1.09 bits per heavy atom. The molecule has 3 heterocycles. The molecule has 1 spiro atoms. The molecule has 0 unspecified atom stereocenters. The number of amides is 1. The zero-order valence-corrected chi connectivity index (χ0v) is 19.9. The van der Waals surface area contributed by atoms with Crippen molar-refractivity contribution < 1.29 is 19.1 Å². The highest BCUT2D eigenvalue weighted by Crippen LogP contribution is 2.54. The molecular weight excluding hydrogens is 446 g/mol. The first-order valence-electron chi connectivity index (χ1n) is 11.2. The maximum absolute atomic E-state index is 14.5. The summed E-state index contributed by atoms with van der Waals surface area (Å²) < 4.78 is 12.3. The summed E-state index contributed by atoms with van der Waals surface area (Å²) in [7, 11) is 2.82. The predicted molar refractivity (Wildman–Crippen MR) is 130 cm³/mol. The van der Waals surface area contributed by atoms with E-state index >= 15 is 0 Å². The van der Waals surface area contributed by atoms with E-state index in [2.05, 4.69) is 0 Å². The van der Waals surface area contributed by atoms with Crippen molar-refractivity contribution in [1.29, 1.82) is 0 Å². The first-order valence-corrected chi connectivity index (χ1v) is 11.2. The van der Waals surface area contributed by atoms with E-state index in [1.165, 1.54) is 11.7 Å². The van der Waals surface area contributed by atoms with Gasteiger partial charge in [-0.1, -0.05) is 48.0 Å². The average molecular weight is 472 g/mol. The highest BCUT2D eigenvalue weighted by Gasteiger charge is 2.62. The minimum atomic E-state index is -1.81. The van der Waals surface area contributed by atoms with E-state index in [1.807, 2.05) is 37.3 Å². The van der Waals surface area contributed by atoms with Crippen LogP contribution in [0.1, 0.15) is 27.9 Å². The number of anilines is 1. The largest absolute Gasteiger partial charge is 0.465 e. The summed E-state index contributed by atoms with van der Waals surface area (Å²) in [5.41, 5.74) is 7.51. The molecule has 2 aliphatic heterocycles. The van der Waals surface area contributed by atoms with Gasteiger partial charge in [0, 0.05) is 30.1 Å². The van der Waals surface area contributed by atoms with Crippen LogP contribution in [0.5, 0.6) is 5.75 Å². The molecule has 35 heavy (non-hydrogen) atoms. The van der Waals surface area contributed by atoms with Crippen LogP contribution in [0.25, 0.3) is 0 Å². The molecule has 8 heteroatoms. The van der Waals surface area contributed by atoms with Gasteiger partial charge in [0.2, 0.25) is 11.8 Å². The van der Waals surface area contributed by atoms with E-state index < -0.39 is 22.9 Å². The second-order valence-corrected chi connectivity index (χ2v) is 8.87. The quantitative estimate of drug-likeness (QED) is 0.589. The zero-order chi connectivity index (χ0) is 25.1. The third kappa shape index (κ3) is 3.02. The molecule has 1 aromatic heterocycles. The Bertz CT molecular complexity index is 1500. The van der Waals surface area contributed by atoms with Crippen LogP contribution in [0, 0.1) is 13.8 Å². The van der Waals surface area contributed by atoms with Crippen molar-refractivity contribution in [2.45, 2.75) is 25.8 Å². The Labute approximate surface area is 202 Å². The highest BCUT2D eigenvalue weighted by atomic mass is 16.5. The van der Waals surface area contributed by atoms with Crippen LogP contribution in [0.3, 0.4) is 0 Å². The fourth-order valence-electron chi connectivity index (χ4n) is 5.14. The third-order valence-electron chi connectivity index (χ3n) is 6.83. The summed E-state index contributed by atoms with van der Waals surface area (Å²) in [4.78, 5) is 43.0. The number of pyridine rings is 1. The van der Waals surface area contributed by atoms with Gasteiger partial charge in [0.05, 0.1) is 19.2 Å². The Kier molecular flexibility index (Phi) is 5.05. The van der Waals surface area contributed by atoms with Gasteiger partial charge in [0.15, 0.2) is 0 Å². The summed E-state index contributed by atoms with van der Waals surface area (Å²) in [6, 6.07) is 16.6. The lowest BCUT2D eigenvalue weighted by Crippen LogP contribution is -2.51. The van der Waals surface area contributed by atoms with E-state index in [9.17, 15) is 14.4 Å². The normalized spacial score (nSPS) is 18.4. The molecule has 8 nitrogen and oxygen atoms in total. The van der Waals surface area contributed by atoms with Crippen molar-refractivity contribution in [2.75, 3.05) is 12.0 Å². The Hall–Kier alpha value is -4.33. The summed E-state index contributed by atoms with van der Waals surface area (Å²) in [6.07, 6.45) is 0. The van der Waals surface area contributed by atoms with Gasteiger partial charge in [0.25, 0.3) is 5.56 Å². The number of nitrogens with two attached hydrogens (primary N) is 1. The lowest BCUT2D eigenvalue weighted by molar-refractivity contribution is -0.138. The molecule has 1 atom stereocenters. The van der Waals surface area contributed by atoms with Crippen molar-refractivity contribution in [3.63, 3.8) is 0 Å². The number of hydrogen-bond donors (Lipinski definition) is 1. The third-order valence-corrected chi connectivity index (χ3v) is 6.83. The van der Waals surface area contributed by atoms with Gasteiger partial charge in [-0.05, 0) is 25.5 Å². The molecule has 3 aromatic rings. The number of aromatic nitrogens is 1. The van der Waals surface area contributed by atoms with Crippen LogP contribution in [0.4, 0.5) is 5.69 Å². The van der Waals surface area contributed by atoms with Crippen molar-refractivity contribution >= 4 is 17.6 Å². The highest BCUT2D eigenvalue weighted by molar-refractivity contribution is 6.18. The molecule has 0 aliphatic carbocycles. The molecular formula is C27H25N3O5. The molecule has 0 saturated carbocycles. The van der Waals surface area contributed by atoms with Crippen LogP contribution in [0.15, 0.2) is 70.8 Å². The van der Waals surface area contributed by atoms with Crippen LogP contribution >= 0.6 is 0 Å². The number of benzene rings is 2. The molecule has 5 rings (SSSR count). The van der Waals surface area contributed by atoms with Crippen molar-refractivity contribution in [1.82, 2.24) is 4.57 Å². The number of ether oxygens (including phenoxy) is 2. The van der Waals surface area contributed by atoms with E-state index in [0.717, 1.165) is 11.1 Å². The van der Waals surface area contributed by atoms with Crippen molar-refractivity contribution in [2.24, 2.45) is 12.8 Å². The monoisotopic (exact) mass is 471 g/mol. The maximum atomic E-state index is 14.5. The molecule has 0 bridgehead atoms. The minimum absolute atomic E-state index is 0.0457. The smallest absolute Gasteiger partial charge is 0.340 e. The molecule has 0 fully saturated rings. The minimum Gasteiger partial charge on any atom is -0.465 e. The fraction of sp³-hybridized carbons (Fsp3) is 0.222. The standard InChI is InChI=1S/C27H25N3O5/c1-15-8-7-9-17(12-15)14-30-19-11-6-5-10-18(19)27(26(30)33)21-20(13-16(2)29(3)24(21)31)35-23(28)22(27)25(32)34-4/h5-13H,14,28H2,1-4H3/t27-/m1/s1. The second-order valence-electron chi connectivity index (χ2n) is 8.87. The number of fused-ring (bicyclic) bond motifs is 4. The van der Waals surface area contributed by atoms with Gasteiger partial charge >= 0.3 is 5.97 Å². The van der Waals surface area contributed by atoms with Crippen molar-refractivity contribution in [3.8, 4) is 5.75 Å². The Morgan fingerprint density at radius 2 is 1.83 bits per heavy atom. The van der Waals surface area contributed by atoms with E-state index in [1.54, 1.807) is 43.1 Å². The number of hydrogen-bond acceptors (Lipinski definition) is 6. The average Bonchev–Trinajstić information content (AvgIpc) is 3.06. The van der Waals surface area contributed by atoms with Gasteiger partial charge in [-0.15, -0.1) is 0 Å². The molecule has 2 N–H and O–H groups in total. The first-order chi connectivity index (χ1) is 16.7. The van der Waals surface area contributed by atoms with E-state index in [0.29, 0.717) is 16.9 Å². The molecule has 0 saturated heterocycles. The Balaban J connectivity index is 1.86. The molecule has 0 radical (unpaired) electrons. The van der Waals surface area contributed by atoms with Crippen LogP contribution in [-0.2, 0) is 33.3 Å². The molecule has 1 amide bonds. The lowest BCUT2D eigenvalue weighted by Gasteiger charge is -2.35. The van der Waals surface area contributed by atoms with Gasteiger partial charge in [-0.25, -0.2) is 4.79 Å². The lowest BCUT2D eigenvalue weighted by atomic mass is 9.68. The van der Waals surface area contributed by atoms with E-state index in [4.69, 9.17) is 15.2 Å². The van der Waals surface area contributed by atoms with E-state index in [-0.39, 0.29) is 29.3 Å². The van der Waals surface area contributed by atoms with Gasteiger partial charge < -0.3 is 24.7 Å². The number of esters is 1. The summed E-state index contributed by atoms with van der Waals surface area (Å²) in [5, 5.41) is 0. The number of carbonyl (C=O) groups excluding carboxylic acids is 2. The summed E-state index contributed by atoms with van der Waals surface area (Å²) in [6.45, 7) is 3.97. The zero-order valence-electron chi connectivity index (χ0n) is 19.9. The van der Waals surface area contributed by atoms with Gasteiger partial charge in [-0.3, -0.25) is 9.59 Å². The second kappa shape index (κ2) is 7.87. The van der Waals surface area contributed by atoms with Crippen LogP contribution in [-0.4, -0.2) is 23.6 Å². The topological polar surface area (TPSA) is 104 Å². The maximum Gasteiger partial charge on any atom is 0.340 e. The van der Waals surface area contributed by atoms with Gasteiger partial charge in [-0.2, -0.15) is 0 Å². The van der Waals surface area contributed by atoms with Crippen molar-refractivity contribution in [3.05, 3.63) is 104 Å². The van der Waals surface area contributed by atoms with Crippen LogP contribution < -0.4 is 20.9 Å². The fourth-order valence-corrected chi connectivity index (χ4v) is 5.14. The molecule has 178 valence electrons. The number of aryl methyl sites for hydroxylation is 2. The first kappa shape index (κ1) is 22.5. The summed E-state index contributed by atoms with van der Waals surface area (Å²) in [5.74, 6) is -1.42. The number of carbonyl (C=O) groups is 2. The number of nitrogens with zero attached hydrogens (tertiary/aromatic N) is 2. The number of para-hydroxylation sites is 1. The number of methoxy groups -OCH3 is 1.